The molecule has 146 valence electrons. The van der Waals surface area contributed by atoms with Crippen molar-refractivity contribution in [1.82, 2.24) is 0 Å². The maximum atomic E-state index is 12.8. The van der Waals surface area contributed by atoms with Crippen molar-refractivity contribution in [3.8, 4) is 11.5 Å². The van der Waals surface area contributed by atoms with Crippen molar-refractivity contribution in [1.29, 1.82) is 0 Å². The number of thioether (sulfide) groups is 1. The molecule has 0 aliphatic carbocycles. The van der Waals surface area contributed by atoms with E-state index in [4.69, 9.17) is 14.2 Å². The summed E-state index contributed by atoms with van der Waals surface area (Å²) in [7, 11) is 4.15. The summed E-state index contributed by atoms with van der Waals surface area (Å²) < 4.78 is 15.3. The molecule has 0 bridgehead atoms. The number of rotatable bonds is 6. The zero-order chi connectivity index (χ0) is 20.3. The maximum Gasteiger partial charge on any atom is 0.340 e. The number of imide groups is 1. The van der Waals surface area contributed by atoms with Crippen LogP contribution in [0.5, 0.6) is 11.5 Å². The quantitative estimate of drug-likeness (QED) is 0.737. The van der Waals surface area contributed by atoms with Gasteiger partial charge >= 0.3 is 5.97 Å². The highest BCUT2D eigenvalue weighted by Gasteiger charge is 2.41. The van der Waals surface area contributed by atoms with E-state index in [1.165, 1.54) is 33.5 Å². The van der Waals surface area contributed by atoms with Gasteiger partial charge in [-0.3, -0.25) is 9.59 Å². The number of nitrogens with zero attached hydrogens (tertiary/aromatic N) is 1. The third-order valence-corrected chi connectivity index (χ3v) is 5.02. The molecule has 1 atom stereocenters. The Labute approximate surface area is 165 Å². The van der Waals surface area contributed by atoms with Crippen LogP contribution in [0.15, 0.2) is 42.5 Å². The molecule has 1 N–H and O–H groups in total. The van der Waals surface area contributed by atoms with Crippen molar-refractivity contribution >= 4 is 40.3 Å². The highest BCUT2D eigenvalue weighted by molar-refractivity contribution is 8.16. The minimum atomic E-state index is -0.908. The number of benzene rings is 2. The number of hydrogen-bond donors (Lipinski definition) is 1. The third kappa shape index (κ3) is 3.61. The Morgan fingerprint density at radius 3 is 2.29 bits per heavy atom. The summed E-state index contributed by atoms with van der Waals surface area (Å²) in [6.45, 7) is 0. The predicted octanol–water partition coefficient (Wildman–Crippen LogP) is 3.13. The van der Waals surface area contributed by atoms with Gasteiger partial charge in [-0.15, -0.1) is 0 Å². The number of methoxy groups -OCH3 is 3. The molecule has 0 radical (unpaired) electrons. The van der Waals surface area contributed by atoms with Gasteiger partial charge in [0.15, 0.2) is 16.9 Å². The highest BCUT2D eigenvalue weighted by Crippen LogP contribution is 2.37. The van der Waals surface area contributed by atoms with Crippen LogP contribution in [0.1, 0.15) is 10.4 Å². The minimum Gasteiger partial charge on any atom is -0.493 e. The Morgan fingerprint density at radius 2 is 1.68 bits per heavy atom. The van der Waals surface area contributed by atoms with Gasteiger partial charge in [-0.05, 0) is 23.9 Å². The zero-order valence-electron chi connectivity index (χ0n) is 15.4. The second-order valence-corrected chi connectivity index (χ2v) is 6.72. The number of ether oxygens (including phenoxy) is 3. The van der Waals surface area contributed by atoms with E-state index < -0.39 is 22.5 Å². The summed E-state index contributed by atoms with van der Waals surface area (Å²) in [4.78, 5) is 38.5. The second kappa shape index (κ2) is 8.22. The molecule has 0 aromatic heterocycles. The van der Waals surface area contributed by atoms with E-state index in [9.17, 15) is 14.4 Å². The zero-order valence-corrected chi connectivity index (χ0v) is 16.2. The molecule has 0 unspecified atom stereocenters. The lowest BCUT2D eigenvalue weighted by Gasteiger charge is -2.18. The van der Waals surface area contributed by atoms with Crippen LogP contribution in [-0.2, 0) is 9.53 Å². The Balaban J connectivity index is 1.94. The van der Waals surface area contributed by atoms with Gasteiger partial charge in [0, 0.05) is 12.1 Å². The first-order chi connectivity index (χ1) is 13.5. The minimum absolute atomic E-state index is 0.152. The summed E-state index contributed by atoms with van der Waals surface area (Å²) in [5.74, 6) is -0.364. The van der Waals surface area contributed by atoms with E-state index in [1.54, 1.807) is 30.3 Å². The van der Waals surface area contributed by atoms with Crippen molar-refractivity contribution < 1.29 is 28.6 Å². The van der Waals surface area contributed by atoms with Crippen molar-refractivity contribution in [2.45, 2.75) is 5.37 Å². The average Bonchev–Trinajstić information content (AvgIpc) is 3.00. The normalized spacial score (nSPS) is 16.1. The summed E-state index contributed by atoms with van der Waals surface area (Å²) in [5.41, 5.74) is 0.923. The molecule has 1 aliphatic heterocycles. The number of para-hydroxylation sites is 1. The van der Waals surface area contributed by atoms with Gasteiger partial charge < -0.3 is 19.5 Å². The van der Waals surface area contributed by atoms with Crippen molar-refractivity contribution in [3.05, 3.63) is 48.0 Å². The van der Waals surface area contributed by atoms with Gasteiger partial charge in [-0.25, -0.2) is 9.69 Å². The number of carbonyl (C=O) groups excluding carboxylic acids is 3. The first kappa shape index (κ1) is 19.6. The molecule has 0 spiro atoms. The van der Waals surface area contributed by atoms with Crippen LogP contribution in [0.4, 0.5) is 16.2 Å². The van der Waals surface area contributed by atoms with Gasteiger partial charge in [-0.1, -0.05) is 18.2 Å². The number of amides is 2. The summed E-state index contributed by atoms with van der Waals surface area (Å²) >= 11 is 0.825. The molecule has 8 nitrogen and oxygen atoms in total. The molecule has 0 saturated carbocycles. The lowest BCUT2D eigenvalue weighted by atomic mass is 10.1. The van der Waals surface area contributed by atoms with E-state index in [0.717, 1.165) is 16.7 Å². The van der Waals surface area contributed by atoms with E-state index in [0.29, 0.717) is 17.2 Å². The van der Waals surface area contributed by atoms with E-state index in [2.05, 4.69) is 5.32 Å². The van der Waals surface area contributed by atoms with Crippen LogP contribution in [0.2, 0.25) is 0 Å². The molecule has 3 rings (SSSR count). The SMILES string of the molecule is COC(=O)c1cc(OC)c(OC)cc1N[C@H]1SC(=O)N(c2ccccc2)C1=O. The monoisotopic (exact) mass is 402 g/mol. The Morgan fingerprint density at radius 1 is 1.04 bits per heavy atom. The molecule has 2 aromatic rings. The fourth-order valence-corrected chi connectivity index (χ4v) is 3.63. The van der Waals surface area contributed by atoms with Crippen molar-refractivity contribution in [3.63, 3.8) is 0 Å². The smallest absolute Gasteiger partial charge is 0.340 e. The van der Waals surface area contributed by atoms with Gasteiger partial charge in [0.2, 0.25) is 0 Å². The van der Waals surface area contributed by atoms with Gasteiger partial charge in [0.05, 0.1) is 38.3 Å². The number of carbonyl (C=O) groups is 3. The molecule has 2 aromatic carbocycles. The van der Waals surface area contributed by atoms with E-state index in [-0.39, 0.29) is 11.3 Å². The number of hydrogen-bond acceptors (Lipinski definition) is 8. The molecule has 1 saturated heterocycles. The van der Waals surface area contributed by atoms with Crippen molar-refractivity contribution in [2.24, 2.45) is 0 Å². The highest BCUT2D eigenvalue weighted by atomic mass is 32.2. The van der Waals surface area contributed by atoms with Gasteiger partial charge in [0.25, 0.3) is 11.1 Å². The summed E-state index contributed by atoms with van der Waals surface area (Å²) in [6.07, 6.45) is 0. The molecular weight excluding hydrogens is 384 g/mol. The van der Waals surface area contributed by atoms with Crippen LogP contribution >= 0.6 is 11.8 Å². The lowest BCUT2D eigenvalue weighted by Crippen LogP contribution is -2.34. The number of anilines is 2. The van der Waals surface area contributed by atoms with Crippen LogP contribution in [0.3, 0.4) is 0 Å². The van der Waals surface area contributed by atoms with E-state index >= 15 is 0 Å². The second-order valence-electron chi connectivity index (χ2n) is 5.66. The Hall–Kier alpha value is -3.20. The van der Waals surface area contributed by atoms with Crippen LogP contribution < -0.4 is 19.7 Å². The molecule has 28 heavy (non-hydrogen) atoms. The first-order valence-corrected chi connectivity index (χ1v) is 9.08. The molecule has 1 heterocycles. The Bertz CT molecular complexity index is 918. The van der Waals surface area contributed by atoms with Gasteiger partial charge in [-0.2, -0.15) is 0 Å². The first-order valence-electron chi connectivity index (χ1n) is 8.20. The molecule has 1 fully saturated rings. The Kier molecular flexibility index (Phi) is 5.74. The topological polar surface area (TPSA) is 94.2 Å². The predicted molar refractivity (Wildman–Crippen MR) is 105 cm³/mol. The molecule has 1 aliphatic rings. The number of esters is 1. The third-order valence-electron chi connectivity index (χ3n) is 4.08. The van der Waals surface area contributed by atoms with Crippen LogP contribution in [-0.4, -0.2) is 43.8 Å². The fraction of sp³-hybridized carbons (Fsp3) is 0.211. The summed E-state index contributed by atoms with van der Waals surface area (Å²) in [5, 5.41) is 1.63. The standard InChI is InChI=1S/C19H18N2O6S/c1-25-14-9-12(18(23)27-3)13(10-15(14)26-2)20-16-17(22)21(19(24)28-16)11-7-5-4-6-8-11/h4-10,16,20H,1-3H3/t16-/m0/s1. The van der Waals surface area contributed by atoms with Gasteiger partial charge in [0.1, 0.15) is 0 Å². The fourth-order valence-electron chi connectivity index (χ4n) is 2.73. The molecule has 2 amide bonds. The van der Waals surface area contributed by atoms with Crippen LogP contribution in [0.25, 0.3) is 0 Å². The lowest BCUT2D eigenvalue weighted by molar-refractivity contribution is -0.116. The maximum absolute atomic E-state index is 12.8. The molecular formula is C19H18N2O6S. The van der Waals surface area contributed by atoms with E-state index in [1.807, 2.05) is 0 Å². The largest absolute Gasteiger partial charge is 0.493 e. The van der Waals surface area contributed by atoms with Crippen LogP contribution in [0, 0.1) is 0 Å². The number of nitrogens with one attached hydrogen (secondary N) is 1. The summed E-state index contributed by atoms with van der Waals surface area (Å²) in [6, 6.07) is 11.6. The van der Waals surface area contributed by atoms with Crippen molar-refractivity contribution in [2.75, 3.05) is 31.5 Å². The average molecular weight is 402 g/mol. The molecule has 9 heteroatoms.